The number of ether oxygens (including phenoxy) is 2. The highest BCUT2D eigenvalue weighted by Crippen LogP contribution is 2.31. The monoisotopic (exact) mass is 400 g/mol. The van der Waals surface area contributed by atoms with E-state index in [0.717, 1.165) is 29.2 Å². The number of carbonyl (C=O) groups excluding carboxylic acids is 1. The molecule has 0 aliphatic heterocycles. The Labute approximate surface area is 176 Å². The van der Waals surface area contributed by atoms with E-state index in [9.17, 15) is 10.1 Å². The molecule has 1 N–H and O–H groups in total. The molecule has 3 rings (SSSR count). The number of hydrogen-bond acceptors (Lipinski definition) is 4. The number of benzene rings is 3. The molecule has 0 unspecified atom stereocenters. The highest BCUT2D eigenvalue weighted by molar-refractivity contribution is 6.11. The van der Waals surface area contributed by atoms with Crippen LogP contribution in [0.3, 0.4) is 0 Å². The molecule has 3 aromatic carbocycles. The highest BCUT2D eigenvalue weighted by Gasteiger charge is 2.15. The van der Waals surface area contributed by atoms with Crippen molar-refractivity contribution in [2.75, 3.05) is 19.0 Å². The van der Waals surface area contributed by atoms with Crippen LogP contribution in [0.1, 0.15) is 25.3 Å². The van der Waals surface area contributed by atoms with Crippen molar-refractivity contribution >= 4 is 28.4 Å². The lowest BCUT2D eigenvalue weighted by atomic mass is 10.0. The average molecular weight is 400 g/mol. The number of nitrogens with zero attached hydrogens (tertiary/aromatic N) is 1. The standard InChI is InChI=1S/C25H24N2O3/c1-3-4-15-30-23-14-13-18-9-5-6-10-20(18)21(23)16-19(17-26)25(28)27-22-11-7-8-12-24(22)29-2/h5-14,16H,3-4,15H2,1-2H3,(H,27,28). The van der Waals surface area contributed by atoms with Crippen molar-refractivity contribution in [3.8, 4) is 17.6 Å². The predicted octanol–water partition coefficient (Wildman–Crippen LogP) is 5.57. The van der Waals surface area contributed by atoms with Crippen LogP contribution in [0.2, 0.25) is 0 Å². The Kier molecular flexibility index (Phi) is 7.07. The van der Waals surface area contributed by atoms with Crippen molar-refractivity contribution in [1.29, 1.82) is 5.26 Å². The topological polar surface area (TPSA) is 71.3 Å². The van der Waals surface area contributed by atoms with Crippen LogP contribution >= 0.6 is 0 Å². The summed E-state index contributed by atoms with van der Waals surface area (Å²) < 4.78 is 11.2. The highest BCUT2D eigenvalue weighted by atomic mass is 16.5. The zero-order valence-corrected chi connectivity index (χ0v) is 17.1. The Balaban J connectivity index is 2.00. The fourth-order valence-electron chi connectivity index (χ4n) is 3.11. The molecule has 0 fully saturated rings. The molecule has 5 nitrogen and oxygen atoms in total. The van der Waals surface area contributed by atoms with Gasteiger partial charge in [0, 0.05) is 5.56 Å². The molecule has 3 aromatic rings. The van der Waals surface area contributed by atoms with E-state index in [1.165, 1.54) is 7.11 Å². The number of anilines is 1. The quantitative estimate of drug-likeness (QED) is 0.305. The van der Waals surface area contributed by atoms with E-state index in [-0.39, 0.29) is 5.57 Å². The number of fused-ring (bicyclic) bond motifs is 1. The first kappa shape index (κ1) is 20.9. The third kappa shape index (κ3) is 4.79. The Morgan fingerprint density at radius 1 is 1.07 bits per heavy atom. The molecule has 0 radical (unpaired) electrons. The number of rotatable bonds is 8. The number of unbranched alkanes of at least 4 members (excludes halogenated alkanes) is 1. The van der Waals surface area contributed by atoms with Crippen molar-refractivity contribution in [3.63, 3.8) is 0 Å². The van der Waals surface area contributed by atoms with Crippen LogP contribution in [-0.4, -0.2) is 19.6 Å². The molecule has 0 saturated carbocycles. The van der Waals surface area contributed by atoms with E-state index >= 15 is 0 Å². The number of nitriles is 1. The molecular formula is C25H24N2O3. The van der Waals surface area contributed by atoms with Gasteiger partial charge in [-0.2, -0.15) is 5.26 Å². The zero-order chi connectivity index (χ0) is 21.3. The molecule has 0 bridgehead atoms. The second kappa shape index (κ2) is 10.1. The van der Waals surface area contributed by atoms with E-state index in [4.69, 9.17) is 9.47 Å². The second-order valence-corrected chi connectivity index (χ2v) is 6.72. The molecular weight excluding hydrogens is 376 g/mol. The summed E-state index contributed by atoms with van der Waals surface area (Å²) in [5.41, 5.74) is 1.21. The van der Waals surface area contributed by atoms with Gasteiger partial charge in [0.25, 0.3) is 5.91 Å². The fraction of sp³-hybridized carbons (Fsp3) is 0.200. The second-order valence-electron chi connectivity index (χ2n) is 6.72. The number of methoxy groups -OCH3 is 1. The molecule has 30 heavy (non-hydrogen) atoms. The third-order valence-electron chi connectivity index (χ3n) is 4.70. The van der Waals surface area contributed by atoms with Gasteiger partial charge in [-0.25, -0.2) is 0 Å². The molecule has 0 heterocycles. The maximum absolute atomic E-state index is 12.8. The summed E-state index contributed by atoms with van der Waals surface area (Å²) in [4.78, 5) is 12.8. The fourth-order valence-corrected chi connectivity index (χ4v) is 3.11. The van der Waals surface area contributed by atoms with Crippen molar-refractivity contribution < 1.29 is 14.3 Å². The van der Waals surface area contributed by atoms with E-state index in [2.05, 4.69) is 12.2 Å². The van der Waals surface area contributed by atoms with Crippen LogP contribution in [0.4, 0.5) is 5.69 Å². The van der Waals surface area contributed by atoms with E-state index in [0.29, 0.717) is 23.8 Å². The van der Waals surface area contributed by atoms with Crippen LogP contribution in [0.15, 0.2) is 66.2 Å². The number of hydrogen-bond donors (Lipinski definition) is 1. The lowest BCUT2D eigenvalue weighted by Gasteiger charge is -2.13. The third-order valence-corrected chi connectivity index (χ3v) is 4.70. The predicted molar refractivity (Wildman–Crippen MR) is 120 cm³/mol. The Morgan fingerprint density at radius 3 is 2.60 bits per heavy atom. The zero-order valence-electron chi connectivity index (χ0n) is 17.1. The van der Waals surface area contributed by atoms with E-state index < -0.39 is 5.91 Å². The Morgan fingerprint density at radius 2 is 1.83 bits per heavy atom. The number of carbonyl (C=O) groups is 1. The first-order valence-electron chi connectivity index (χ1n) is 9.88. The molecule has 0 aliphatic carbocycles. The van der Waals surface area contributed by atoms with Crippen LogP contribution in [-0.2, 0) is 4.79 Å². The largest absolute Gasteiger partial charge is 0.495 e. The first-order chi connectivity index (χ1) is 14.7. The Bertz CT molecular complexity index is 1110. The average Bonchev–Trinajstić information content (AvgIpc) is 2.78. The van der Waals surface area contributed by atoms with Crippen molar-refractivity contribution in [2.24, 2.45) is 0 Å². The van der Waals surface area contributed by atoms with Crippen LogP contribution < -0.4 is 14.8 Å². The smallest absolute Gasteiger partial charge is 0.266 e. The molecule has 0 spiro atoms. The van der Waals surface area contributed by atoms with Crippen molar-refractivity contribution in [3.05, 3.63) is 71.8 Å². The molecule has 152 valence electrons. The maximum atomic E-state index is 12.8. The molecule has 0 atom stereocenters. The molecule has 0 aromatic heterocycles. The van der Waals surface area contributed by atoms with Crippen molar-refractivity contribution in [1.82, 2.24) is 0 Å². The summed E-state index contributed by atoms with van der Waals surface area (Å²) in [6.45, 7) is 2.67. The number of amides is 1. The van der Waals surface area contributed by atoms with E-state index in [1.54, 1.807) is 24.3 Å². The number of nitrogens with one attached hydrogen (secondary N) is 1. The summed E-state index contributed by atoms with van der Waals surface area (Å²) in [7, 11) is 1.53. The minimum atomic E-state index is -0.505. The number of para-hydroxylation sites is 2. The SMILES string of the molecule is CCCCOc1ccc2ccccc2c1C=C(C#N)C(=O)Nc1ccccc1OC. The lowest BCUT2D eigenvalue weighted by molar-refractivity contribution is -0.112. The normalized spacial score (nSPS) is 11.0. The summed E-state index contributed by atoms with van der Waals surface area (Å²) >= 11 is 0. The first-order valence-corrected chi connectivity index (χ1v) is 9.88. The van der Waals surface area contributed by atoms with Crippen LogP contribution in [0, 0.1) is 11.3 Å². The molecule has 0 aliphatic rings. The summed E-state index contributed by atoms with van der Waals surface area (Å²) in [6, 6.07) is 20.8. The molecule has 1 amide bonds. The van der Waals surface area contributed by atoms with Gasteiger partial charge in [0.05, 0.1) is 19.4 Å². The molecule has 0 saturated heterocycles. The van der Waals surface area contributed by atoms with Crippen LogP contribution in [0.5, 0.6) is 11.5 Å². The Hall–Kier alpha value is -3.78. The minimum absolute atomic E-state index is 0.0161. The van der Waals surface area contributed by atoms with Gasteiger partial charge < -0.3 is 14.8 Å². The van der Waals surface area contributed by atoms with Gasteiger partial charge in [-0.3, -0.25) is 4.79 Å². The lowest BCUT2D eigenvalue weighted by Crippen LogP contribution is -2.14. The van der Waals surface area contributed by atoms with Gasteiger partial charge in [0.2, 0.25) is 0 Å². The summed E-state index contributed by atoms with van der Waals surface area (Å²) in [5.74, 6) is 0.673. The van der Waals surface area contributed by atoms with Gasteiger partial charge in [-0.1, -0.05) is 55.8 Å². The van der Waals surface area contributed by atoms with Gasteiger partial charge in [-0.05, 0) is 41.5 Å². The van der Waals surface area contributed by atoms with Gasteiger partial charge in [0.15, 0.2) is 0 Å². The molecule has 5 heteroatoms. The van der Waals surface area contributed by atoms with Gasteiger partial charge in [-0.15, -0.1) is 0 Å². The van der Waals surface area contributed by atoms with Crippen molar-refractivity contribution in [2.45, 2.75) is 19.8 Å². The van der Waals surface area contributed by atoms with Gasteiger partial charge >= 0.3 is 0 Å². The summed E-state index contributed by atoms with van der Waals surface area (Å²) in [5, 5.41) is 14.4. The maximum Gasteiger partial charge on any atom is 0.266 e. The van der Waals surface area contributed by atoms with E-state index in [1.807, 2.05) is 48.5 Å². The summed E-state index contributed by atoms with van der Waals surface area (Å²) in [6.07, 6.45) is 3.53. The van der Waals surface area contributed by atoms with Crippen LogP contribution in [0.25, 0.3) is 16.8 Å². The minimum Gasteiger partial charge on any atom is -0.495 e. The van der Waals surface area contributed by atoms with Gasteiger partial charge in [0.1, 0.15) is 23.1 Å².